The predicted octanol–water partition coefficient (Wildman–Crippen LogP) is 5.89. The molecule has 2 aliphatic heterocycles. The molecule has 1 saturated heterocycles. The fraction of sp³-hybridized carbons (Fsp3) is 0.222. The fourth-order valence-corrected chi connectivity index (χ4v) is 7.05. The summed E-state index contributed by atoms with van der Waals surface area (Å²) in [7, 11) is -0.528. The lowest BCUT2D eigenvalue weighted by atomic mass is 9.99. The number of carbonyl (C=O) groups excluding carboxylic acids is 2. The van der Waals surface area contributed by atoms with Crippen molar-refractivity contribution in [1.82, 2.24) is 4.90 Å². The minimum Gasteiger partial charge on any atom is -0.354 e. The van der Waals surface area contributed by atoms with Crippen LogP contribution in [-0.2, 0) is 19.6 Å². The number of likely N-dealkylation sites (tertiary alicyclic amines) is 1. The number of hydrogen-bond donors (Lipinski definition) is 2. The molecule has 236 valence electrons. The van der Waals surface area contributed by atoms with Crippen LogP contribution in [0.4, 0.5) is 22.7 Å². The Hall–Kier alpha value is -4.93. The van der Waals surface area contributed by atoms with E-state index in [1.807, 2.05) is 54.6 Å². The van der Waals surface area contributed by atoms with Crippen molar-refractivity contribution in [1.29, 1.82) is 0 Å². The minimum atomic E-state index is -3.82. The molecule has 1 fully saturated rings. The SMILES string of the molecule is CN(C(=O)CN1CCCCC1)c1ccc(NC(=C2C(=O)Nc3ccc(N(C)S(=O)(=O)c4ccccc4)cc32)c2ccccc2)cc1. The van der Waals surface area contributed by atoms with E-state index in [-0.39, 0.29) is 16.7 Å². The molecule has 4 aromatic rings. The predicted molar refractivity (Wildman–Crippen MR) is 184 cm³/mol. The van der Waals surface area contributed by atoms with Crippen LogP contribution in [0.25, 0.3) is 11.3 Å². The topological polar surface area (TPSA) is 102 Å². The van der Waals surface area contributed by atoms with Crippen molar-refractivity contribution in [2.75, 3.05) is 53.6 Å². The van der Waals surface area contributed by atoms with E-state index in [0.717, 1.165) is 42.9 Å². The fourth-order valence-electron chi connectivity index (χ4n) is 5.84. The first-order chi connectivity index (χ1) is 22.2. The standard InChI is InChI=1S/C36H37N5O4S/c1-39(33(42)25-41-22-10-5-11-23-41)28-18-16-27(17-19-28)37-35(26-12-6-3-7-13-26)34-31-24-29(20-21-32(31)38-36(34)43)40(2)46(44,45)30-14-8-4-9-15-30/h3-4,6-9,12-21,24,37H,5,10-11,22-23,25H2,1-2H3,(H,38,43). The van der Waals surface area contributed by atoms with Crippen molar-refractivity contribution < 1.29 is 18.0 Å². The lowest BCUT2D eigenvalue weighted by Crippen LogP contribution is -2.40. The van der Waals surface area contributed by atoms with E-state index in [1.165, 1.54) is 17.8 Å². The van der Waals surface area contributed by atoms with Crippen molar-refractivity contribution in [3.8, 4) is 0 Å². The molecular weight excluding hydrogens is 598 g/mol. The molecule has 0 radical (unpaired) electrons. The summed E-state index contributed by atoms with van der Waals surface area (Å²) in [5, 5.41) is 6.39. The van der Waals surface area contributed by atoms with E-state index in [2.05, 4.69) is 15.5 Å². The molecule has 0 aromatic heterocycles. The summed E-state index contributed by atoms with van der Waals surface area (Å²) in [6.07, 6.45) is 3.48. The third-order valence-electron chi connectivity index (χ3n) is 8.53. The van der Waals surface area contributed by atoms with E-state index >= 15 is 0 Å². The van der Waals surface area contributed by atoms with Gasteiger partial charge in [-0.25, -0.2) is 8.42 Å². The molecule has 0 bridgehead atoms. The molecule has 0 spiro atoms. The molecule has 2 N–H and O–H groups in total. The molecule has 0 saturated carbocycles. The van der Waals surface area contributed by atoms with Gasteiger partial charge in [0.1, 0.15) is 0 Å². The molecule has 0 atom stereocenters. The minimum absolute atomic E-state index is 0.0454. The Morgan fingerprint density at radius 2 is 1.46 bits per heavy atom. The summed E-state index contributed by atoms with van der Waals surface area (Å²) in [5.41, 5.74) is 4.86. The maximum atomic E-state index is 13.5. The summed E-state index contributed by atoms with van der Waals surface area (Å²) >= 11 is 0. The molecule has 2 amide bonds. The summed E-state index contributed by atoms with van der Waals surface area (Å²) in [5.74, 6) is -0.254. The highest BCUT2D eigenvalue weighted by atomic mass is 32.2. The zero-order valence-electron chi connectivity index (χ0n) is 25.9. The van der Waals surface area contributed by atoms with Crippen molar-refractivity contribution in [2.24, 2.45) is 0 Å². The number of nitrogens with zero attached hydrogens (tertiary/aromatic N) is 3. The van der Waals surface area contributed by atoms with Crippen LogP contribution in [0.2, 0.25) is 0 Å². The molecule has 10 heteroatoms. The van der Waals surface area contributed by atoms with Crippen LogP contribution in [0.5, 0.6) is 0 Å². The molecule has 46 heavy (non-hydrogen) atoms. The van der Waals surface area contributed by atoms with Crippen LogP contribution in [0.1, 0.15) is 30.4 Å². The van der Waals surface area contributed by atoms with Gasteiger partial charge in [-0.1, -0.05) is 55.0 Å². The molecule has 0 unspecified atom stereocenters. The number of piperidine rings is 1. The monoisotopic (exact) mass is 635 g/mol. The highest BCUT2D eigenvalue weighted by Gasteiger charge is 2.31. The van der Waals surface area contributed by atoms with Gasteiger partial charge in [-0.2, -0.15) is 0 Å². The Morgan fingerprint density at radius 3 is 2.13 bits per heavy atom. The number of amides is 2. The lowest BCUT2D eigenvalue weighted by molar-refractivity contribution is -0.119. The largest absolute Gasteiger partial charge is 0.354 e. The quantitative estimate of drug-likeness (QED) is 0.223. The number of fused-ring (bicyclic) bond motifs is 1. The van der Waals surface area contributed by atoms with Gasteiger partial charge in [-0.05, 0) is 86.1 Å². The number of carbonyl (C=O) groups is 2. The molecule has 6 rings (SSSR count). The zero-order chi connectivity index (χ0) is 32.3. The number of anilines is 4. The van der Waals surface area contributed by atoms with Gasteiger partial charge in [0, 0.05) is 36.7 Å². The summed E-state index contributed by atoms with van der Waals surface area (Å²) in [4.78, 5) is 30.6. The average molecular weight is 636 g/mol. The molecule has 4 aromatic carbocycles. The first kappa shape index (κ1) is 31.1. The van der Waals surface area contributed by atoms with Crippen LogP contribution >= 0.6 is 0 Å². The van der Waals surface area contributed by atoms with Crippen molar-refractivity contribution >= 4 is 55.9 Å². The Labute approximate surface area is 270 Å². The van der Waals surface area contributed by atoms with Gasteiger partial charge < -0.3 is 15.5 Å². The van der Waals surface area contributed by atoms with Crippen LogP contribution in [0.3, 0.4) is 0 Å². The molecule has 0 aliphatic carbocycles. The van der Waals surface area contributed by atoms with Gasteiger partial charge in [-0.3, -0.25) is 18.8 Å². The van der Waals surface area contributed by atoms with E-state index in [9.17, 15) is 18.0 Å². The van der Waals surface area contributed by atoms with E-state index in [0.29, 0.717) is 34.8 Å². The third-order valence-corrected chi connectivity index (χ3v) is 10.3. The smallest absolute Gasteiger partial charge is 0.264 e. The van der Waals surface area contributed by atoms with Gasteiger partial charge in [0.2, 0.25) is 5.91 Å². The van der Waals surface area contributed by atoms with Crippen molar-refractivity contribution in [3.63, 3.8) is 0 Å². The first-order valence-electron chi connectivity index (χ1n) is 15.4. The zero-order valence-corrected chi connectivity index (χ0v) is 26.8. The summed E-state index contributed by atoms with van der Waals surface area (Å²) < 4.78 is 28.0. The Kier molecular flexibility index (Phi) is 8.92. The molecule has 2 aliphatic rings. The third kappa shape index (κ3) is 6.40. The number of benzene rings is 4. The second-order valence-corrected chi connectivity index (χ2v) is 13.5. The first-order valence-corrected chi connectivity index (χ1v) is 16.8. The number of likely N-dealkylation sites (N-methyl/N-ethyl adjacent to an activating group) is 1. The van der Waals surface area contributed by atoms with Crippen LogP contribution < -0.4 is 19.8 Å². The normalized spacial score (nSPS) is 15.9. The molecule has 9 nitrogen and oxygen atoms in total. The second kappa shape index (κ2) is 13.2. The average Bonchev–Trinajstić information content (AvgIpc) is 3.42. The Balaban J connectivity index is 1.32. The number of hydrogen-bond acceptors (Lipinski definition) is 6. The lowest BCUT2D eigenvalue weighted by Gasteiger charge is -2.28. The second-order valence-electron chi connectivity index (χ2n) is 11.5. The molecular formula is C36H37N5O4S. The maximum Gasteiger partial charge on any atom is 0.264 e. The van der Waals surface area contributed by atoms with Crippen LogP contribution in [0, 0.1) is 0 Å². The van der Waals surface area contributed by atoms with E-state index in [4.69, 9.17) is 0 Å². The summed E-state index contributed by atoms with van der Waals surface area (Å²) in [6, 6.07) is 30.4. The van der Waals surface area contributed by atoms with Gasteiger partial charge in [0.05, 0.1) is 28.4 Å². The number of nitrogens with one attached hydrogen (secondary N) is 2. The number of sulfonamides is 1. The van der Waals surface area contributed by atoms with Gasteiger partial charge in [-0.15, -0.1) is 0 Å². The van der Waals surface area contributed by atoms with Crippen LogP contribution in [-0.4, -0.2) is 58.9 Å². The maximum absolute atomic E-state index is 13.5. The van der Waals surface area contributed by atoms with Gasteiger partial charge in [0.15, 0.2) is 0 Å². The van der Waals surface area contributed by atoms with Crippen molar-refractivity contribution in [3.05, 3.63) is 114 Å². The molecule has 2 heterocycles. The van der Waals surface area contributed by atoms with Crippen molar-refractivity contribution in [2.45, 2.75) is 24.2 Å². The van der Waals surface area contributed by atoms with Gasteiger partial charge >= 0.3 is 0 Å². The van der Waals surface area contributed by atoms with E-state index < -0.39 is 10.0 Å². The van der Waals surface area contributed by atoms with Gasteiger partial charge in [0.25, 0.3) is 15.9 Å². The number of rotatable bonds is 9. The van der Waals surface area contributed by atoms with E-state index in [1.54, 1.807) is 60.5 Å². The Bertz CT molecular complexity index is 1870. The summed E-state index contributed by atoms with van der Waals surface area (Å²) in [6.45, 7) is 2.31. The highest BCUT2D eigenvalue weighted by Crippen LogP contribution is 2.40. The Morgan fingerprint density at radius 1 is 0.826 bits per heavy atom. The van der Waals surface area contributed by atoms with Crippen LogP contribution in [0.15, 0.2) is 108 Å². The highest BCUT2D eigenvalue weighted by molar-refractivity contribution is 7.92.